The van der Waals surface area contributed by atoms with Crippen LogP contribution in [-0.4, -0.2) is 16.0 Å². The number of hydrogen-bond acceptors (Lipinski definition) is 4. The first-order valence-electron chi connectivity index (χ1n) is 7.32. The number of nitrogens with one attached hydrogen (secondary N) is 2. The van der Waals surface area contributed by atoms with Gasteiger partial charge < -0.3 is 10.3 Å². The van der Waals surface area contributed by atoms with Gasteiger partial charge in [-0.3, -0.25) is 4.79 Å². The van der Waals surface area contributed by atoms with E-state index < -0.39 is 0 Å². The maximum absolute atomic E-state index is 12.1. The lowest BCUT2D eigenvalue weighted by Gasteiger charge is -2.03. The smallest absolute Gasteiger partial charge is 0.259 e. The zero-order chi connectivity index (χ0) is 14.3. The van der Waals surface area contributed by atoms with Crippen molar-refractivity contribution in [3.63, 3.8) is 0 Å². The van der Waals surface area contributed by atoms with Crippen LogP contribution in [0.4, 0.5) is 0 Å². The number of hydrogen-bond donors (Lipinski definition) is 2. The molecule has 1 saturated carbocycles. The molecule has 1 aliphatic carbocycles. The zero-order valence-corrected chi connectivity index (χ0v) is 13.1. The van der Waals surface area contributed by atoms with Gasteiger partial charge in [0.1, 0.15) is 10.7 Å². The van der Waals surface area contributed by atoms with Crippen LogP contribution >= 0.6 is 11.3 Å². The van der Waals surface area contributed by atoms with Crippen LogP contribution in [0.15, 0.2) is 4.79 Å². The minimum Gasteiger partial charge on any atom is -0.309 e. The van der Waals surface area contributed by atoms with Gasteiger partial charge in [0.05, 0.1) is 11.9 Å². The number of H-pyrrole nitrogens is 1. The van der Waals surface area contributed by atoms with E-state index in [0.717, 1.165) is 27.5 Å². The van der Waals surface area contributed by atoms with Gasteiger partial charge >= 0.3 is 0 Å². The Morgan fingerprint density at radius 1 is 1.45 bits per heavy atom. The first kappa shape index (κ1) is 13.8. The third-order valence-corrected chi connectivity index (χ3v) is 5.30. The molecule has 0 aromatic carbocycles. The van der Waals surface area contributed by atoms with Crippen molar-refractivity contribution in [2.24, 2.45) is 5.92 Å². The lowest BCUT2D eigenvalue weighted by Crippen LogP contribution is -2.22. The standard InChI is InChI=1S/C15H21N3OS/c1-4-5-10-6-11(10)16-7-12-17-14(19)13-8(2)9(3)20-15(13)18-12/h10-11,16H,4-7H2,1-3H3,(H,17,18,19). The molecular weight excluding hydrogens is 270 g/mol. The molecule has 0 radical (unpaired) electrons. The van der Waals surface area contributed by atoms with Gasteiger partial charge in [0.2, 0.25) is 0 Å². The highest BCUT2D eigenvalue weighted by Crippen LogP contribution is 2.34. The summed E-state index contributed by atoms with van der Waals surface area (Å²) < 4.78 is 0. The summed E-state index contributed by atoms with van der Waals surface area (Å²) in [7, 11) is 0. The molecule has 20 heavy (non-hydrogen) atoms. The molecule has 4 nitrogen and oxygen atoms in total. The minimum atomic E-state index is -0.00504. The van der Waals surface area contributed by atoms with Crippen molar-refractivity contribution in [2.75, 3.05) is 0 Å². The van der Waals surface area contributed by atoms with Crippen molar-refractivity contribution in [1.29, 1.82) is 0 Å². The van der Waals surface area contributed by atoms with Crippen LogP contribution in [0.1, 0.15) is 42.5 Å². The summed E-state index contributed by atoms with van der Waals surface area (Å²) in [6.07, 6.45) is 3.80. The van der Waals surface area contributed by atoms with E-state index in [1.54, 1.807) is 11.3 Å². The SMILES string of the molecule is CCCC1CC1NCc1nc2sc(C)c(C)c2c(=O)[nH]1. The predicted molar refractivity (Wildman–Crippen MR) is 83.4 cm³/mol. The fraction of sp³-hybridized carbons (Fsp3) is 0.600. The minimum absolute atomic E-state index is 0.00504. The van der Waals surface area contributed by atoms with E-state index in [2.05, 4.69) is 22.2 Å². The third kappa shape index (κ3) is 2.52. The molecule has 2 aromatic heterocycles. The molecule has 0 bridgehead atoms. The van der Waals surface area contributed by atoms with E-state index >= 15 is 0 Å². The Morgan fingerprint density at radius 2 is 2.25 bits per heavy atom. The number of aromatic amines is 1. The van der Waals surface area contributed by atoms with Gasteiger partial charge in [-0.1, -0.05) is 13.3 Å². The topological polar surface area (TPSA) is 57.8 Å². The molecule has 2 aromatic rings. The zero-order valence-electron chi connectivity index (χ0n) is 12.2. The molecule has 2 unspecified atom stereocenters. The summed E-state index contributed by atoms with van der Waals surface area (Å²) in [6, 6.07) is 0.614. The van der Waals surface area contributed by atoms with Crippen molar-refractivity contribution < 1.29 is 0 Å². The van der Waals surface area contributed by atoms with Crippen molar-refractivity contribution in [2.45, 2.75) is 52.6 Å². The van der Waals surface area contributed by atoms with Crippen molar-refractivity contribution >= 4 is 21.6 Å². The highest BCUT2D eigenvalue weighted by molar-refractivity contribution is 7.18. The Balaban J connectivity index is 1.75. The monoisotopic (exact) mass is 291 g/mol. The maximum Gasteiger partial charge on any atom is 0.259 e. The van der Waals surface area contributed by atoms with Crippen LogP contribution in [0.5, 0.6) is 0 Å². The summed E-state index contributed by atoms with van der Waals surface area (Å²) >= 11 is 1.61. The average Bonchev–Trinajstić information content (AvgIpc) is 3.07. The maximum atomic E-state index is 12.1. The Morgan fingerprint density at radius 3 is 3.00 bits per heavy atom. The summed E-state index contributed by atoms with van der Waals surface area (Å²) in [6.45, 7) is 6.91. The van der Waals surface area contributed by atoms with E-state index in [-0.39, 0.29) is 5.56 Å². The predicted octanol–water partition coefficient (Wildman–Crippen LogP) is 2.88. The normalized spacial score (nSPS) is 21.6. The van der Waals surface area contributed by atoms with Crippen LogP contribution < -0.4 is 10.9 Å². The van der Waals surface area contributed by atoms with E-state index in [1.807, 2.05) is 13.8 Å². The molecule has 0 amide bonds. The van der Waals surface area contributed by atoms with Crippen LogP contribution in [0.2, 0.25) is 0 Å². The molecule has 1 fully saturated rings. The quantitative estimate of drug-likeness (QED) is 0.890. The number of thiophene rings is 1. The molecule has 0 aliphatic heterocycles. The first-order valence-corrected chi connectivity index (χ1v) is 8.14. The van der Waals surface area contributed by atoms with Gasteiger partial charge in [-0.05, 0) is 38.2 Å². The second kappa shape index (κ2) is 5.30. The van der Waals surface area contributed by atoms with Gasteiger partial charge in [0, 0.05) is 10.9 Å². The van der Waals surface area contributed by atoms with E-state index in [4.69, 9.17) is 0 Å². The van der Waals surface area contributed by atoms with Crippen LogP contribution in [0.25, 0.3) is 10.2 Å². The second-order valence-electron chi connectivity index (χ2n) is 5.75. The average molecular weight is 291 g/mol. The Bertz CT molecular complexity index is 688. The van der Waals surface area contributed by atoms with Crippen LogP contribution in [0.3, 0.4) is 0 Å². The largest absolute Gasteiger partial charge is 0.309 e. The van der Waals surface area contributed by atoms with Gasteiger partial charge in [0.25, 0.3) is 5.56 Å². The summed E-state index contributed by atoms with van der Waals surface area (Å²) in [5, 5.41) is 4.25. The second-order valence-corrected chi connectivity index (χ2v) is 6.95. The van der Waals surface area contributed by atoms with E-state index in [0.29, 0.717) is 12.6 Å². The number of nitrogens with zero attached hydrogens (tertiary/aromatic N) is 1. The molecular formula is C15H21N3OS. The highest BCUT2D eigenvalue weighted by Gasteiger charge is 2.35. The summed E-state index contributed by atoms with van der Waals surface area (Å²) in [5.41, 5.74) is 1.05. The van der Waals surface area contributed by atoms with E-state index in [9.17, 15) is 4.79 Å². The number of aryl methyl sites for hydroxylation is 2. The van der Waals surface area contributed by atoms with Crippen molar-refractivity contribution in [3.05, 3.63) is 26.6 Å². The molecule has 108 valence electrons. The van der Waals surface area contributed by atoms with E-state index in [1.165, 1.54) is 24.1 Å². The van der Waals surface area contributed by atoms with Crippen molar-refractivity contribution in [1.82, 2.24) is 15.3 Å². The number of fused-ring (bicyclic) bond motifs is 1. The van der Waals surface area contributed by atoms with Crippen molar-refractivity contribution in [3.8, 4) is 0 Å². The molecule has 0 saturated heterocycles. The van der Waals surface area contributed by atoms with Crippen LogP contribution in [0, 0.1) is 19.8 Å². The molecule has 2 atom stereocenters. The summed E-state index contributed by atoms with van der Waals surface area (Å²) in [4.78, 5) is 21.7. The number of aromatic nitrogens is 2. The molecule has 5 heteroatoms. The Hall–Kier alpha value is -1.20. The van der Waals surface area contributed by atoms with Gasteiger partial charge in [-0.15, -0.1) is 11.3 Å². The highest BCUT2D eigenvalue weighted by atomic mass is 32.1. The lowest BCUT2D eigenvalue weighted by atomic mass is 10.2. The fourth-order valence-corrected chi connectivity index (χ4v) is 3.85. The summed E-state index contributed by atoms with van der Waals surface area (Å²) in [5.74, 6) is 1.58. The molecule has 3 rings (SSSR count). The fourth-order valence-electron chi connectivity index (χ4n) is 2.80. The van der Waals surface area contributed by atoms with Crippen LogP contribution in [-0.2, 0) is 6.54 Å². The first-order chi connectivity index (χ1) is 9.60. The molecule has 0 spiro atoms. The Labute approximate surface area is 122 Å². The molecule has 1 aliphatic rings. The molecule has 2 N–H and O–H groups in total. The lowest BCUT2D eigenvalue weighted by molar-refractivity contribution is 0.587. The van der Waals surface area contributed by atoms with Gasteiger partial charge in [-0.25, -0.2) is 4.98 Å². The number of rotatable bonds is 5. The van der Waals surface area contributed by atoms with Gasteiger partial charge in [-0.2, -0.15) is 0 Å². The molecule has 2 heterocycles. The van der Waals surface area contributed by atoms with Gasteiger partial charge in [0.15, 0.2) is 0 Å². The Kier molecular flexibility index (Phi) is 3.65. The third-order valence-electron chi connectivity index (χ3n) is 4.20.